The second-order valence-corrected chi connectivity index (χ2v) is 5.70. The molecular formula is C13H15BrN2O4. The molecule has 0 spiro atoms. The number of carbonyl (C=O) groups excluding carboxylic acids is 2. The minimum atomic E-state index is -1.22. The van der Waals surface area contributed by atoms with Crippen LogP contribution in [0.4, 0.5) is 10.5 Å². The zero-order valence-corrected chi connectivity index (χ0v) is 12.7. The van der Waals surface area contributed by atoms with E-state index in [0.29, 0.717) is 10.2 Å². The number of urea groups is 1. The van der Waals surface area contributed by atoms with Crippen molar-refractivity contribution < 1.29 is 19.5 Å². The Kier molecular flexibility index (Phi) is 5.26. The van der Waals surface area contributed by atoms with Gasteiger partial charge in [0.1, 0.15) is 0 Å². The molecule has 0 saturated heterocycles. The summed E-state index contributed by atoms with van der Waals surface area (Å²) in [7, 11) is 0. The second-order valence-electron chi connectivity index (χ2n) is 4.85. The van der Waals surface area contributed by atoms with E-state index in [-0.39, 0.29) is 6.42 Å². The summed E-state index contributed by atoms with van der Waals surface area (Å²) in [5.41, 5.74) is -0.715. The van der Waals surface area contributed by atoms with E-state index in [9.17, 15) is 14.4 Å². The Morgan fingerprint density at radius 1 is 1.25 bits per heavy atom. The normalized spacial score (nSPS) is 10.8. The van der Waals surface area contributed by atoms with Gasteiger partial charge in [0.25, 0.3) is 0 Å². The number of imide groups is 1. The van der Waals surface area contributed by atoms with Crippen LogP contribution in [0.25, 0.3) is 0 Å². The van der Waals surface area contributed by atoms with Crippen LogP contribution in [-0.2, 0) is 9.59 Å². The van der Waals surface area contributed by atoms with E-state index >= 15 is 0 Å². The van der Waals surface area contributed by atoms with Crippen LogP contribution >= 0.6 is 15.9 Å². The molecule has 3 amide bonds. The van der Waals surface area contributed by atoms with Crippen molar-refractivity contribution in [3.05, 3.63) is 28.7 Å². The molecule has 0 radical (unpaired) electrons. The summed E-state index contributed by atoms with van der Waals surface area (Å²) in [6, 6.07) is 6.21. The number of anilines is 1. The predicted molar refractivity (Wildman–Crippen MR) is 77.3 cm³/mol. The van der Waals surface area contributed by atoms with Gasteiger partial charge in [-0.05, 0) is 41.9 Å². The van der Waals surface area contributed by atoms with Crippen molar-refractivity contribution in [1.82, 2.24) is 5.32 Å². The van der Waals surface area contributed by atoms with Crippen LogP contribution < -0.4 is 10.6 Å². The number of carboxylic acids is 1. The number of amides is 3. The number of carboxylic acid groups (broad SMARTS) is 1. The monoisotopic (exact) mass is 342 g/mol. The second kappa shape index (κ2) is 6.51. The lowest BCUT2D eigenvalue weighted by Crippen LogP contribution is -2.38. The first kappa shape index (κ1) is 16.2. The lowest BCUT2D eigenvalue weighted by Gasteiger charge is -2.18. The van der Waals surface area contributed by atoms with Crippen LogP contribution in [0.1, 0.15) is 20.3 Å². The number of carbonyl (C=O) groups is 3. The first-order valence-corrected chi connectivity index (χ1v) is 6.60. The highest BCUT2D eigenvalue weighted by Crippen LogP contribution is 2.22. The van der Waals surface area contributed by atoms with Crippen molar-refractivity contribution in [1.29, 1.82) is 0 Å². The smallest absolute Gasteiger partial charge is 0.325 e. The van der Waals surface area contributed by atoms with E-state index in [4.69, 9.17) is 5.11 Å². The highest BCUT2D eigenvalue weighted by atomic mass is 79.9. The van der Waals surface area contributed by atoms with Gasteiger partial charge in [0.2, 0.25) is 5.91 Å². The molecule has 0 saturated carbocycles. The number of hydrogen-bond donors (Lipinski definition) is 3. The molecule has 3 N–H and O–H groups in total. The van der Waals surface area contributed by atoms with Gasteiger partial charge >= 0.3 is 12.0 Å². The first-order chi connectivity index (χ1) is 9.22. The summed E-state index contributed by atoms with van der Waals surface area (Å²) in [5.74, 6) is -1.75. The van der Waals surface area contributed by atoms with Gasteiger partial charge in [-0.3, -0.25) is 14.9 Å². The van der Waals surface area contributed by atoms with Gasteiger partial charge in [0, 0.05) is 10.9 Å². The van der Waals surface area contributed by atoms with E-state index in [1.807, 2.05) is 0 Å². The quantitative estimate of drug-likeness (QED) is 0.783. The number of rotatable bonds is 4. The molecule has 20 heavy (non-hydrogen) atoms. The SMILES string of the molecule is CC(C)(CC(=O)NC(=O)Nc1ccccc1Br)C(=O)O. The molecule has 0 aliphatic heterocycles. The molecule has 0 aromatic heterocycles. The average Bonchev–Trinajstić information content (AvgIpc) is 2.30. The minimum Gasteiger partial charge on any atom is -0.481 e. The van der Waals surface area contributed by atoms with Crippen molar-refractivity contribution in [2.24, 2.45) is 5.41 Å². The summed E-state index contributed by atoms with van der Waals surface area (Å²) in [4.78, 5) is 34.1. The maximum Gasteiger partial charge on any atom is 0.325 e. The average molecular weight is 343 g/mol. The number of nitrogens with one attached hydrogen (secondary N) is 2. The molecule has 0 aliphatic carbocycles. The Balaban J connectivity index is 2.57. The maximum absolute atomic E-state index is 11.6. The predicted octanol–water partition coefficient (Wildman–Crippen LogP) is 2.60. The molecule has 1 aromatic carbocycles. The standard InChI is InChI=1S/C13H15BrN2O4/c1-13(2,11(18)19)7-10(17)16-12(20)15-9-6-4-3-5-8(9)14/h3-6H,7H2,1-2H3,(H,18,19)(H2,15,16,17,20). The van der Waals surface area contributed by atoms with Crippen molar-refractivity contribution in [3.63, 3.8) is 0 Å². The third-order valence-corrected chi connectivity index (χ3v) is 3.25. The van der Waals surface area contributed by atoms with Gasteiger partial charge in [-0.2, -0.15) is 0 Å². The molecule has 0 fully saturated rings. The van der Waals surface area contributed by atoms with Gasteiger partial charge in [-0.15, -0.1) is 0 Å². The Morgan fingerprint density at radius 2 is 1.85 bits per heavy atom. The zero-order valence-electron chi connectivity index (χ0n) is 11.1. The minimum absolute atomic E-state index is 0.286. The van der Waals surface area contributed by atoms with Gasteiger partial charge in [-0.1, -0.05) is 12.1 Å². The molecule has 0 atom stereocenters. The number of halogens is 1. The Labute approximate surface area is 124 Å². The zero-order chi connectivity index (χ0) is 15.3. The number of benzene rings is 1. The molecule has 0 heterocycles. The number of aliphatic carboxylic acids is 1. The first-order valence-electron chi connectivity index (χ1n) is 5.81. The topological polar surface area (TPSA) is 95.5 Å². The fourth-order valence-electron chi connectivity index (χ4n) is 1.36. The van der Waals surface area contributed by atoms with Crippen LogP contribution in [0.3, 0.4) is 0 Å². The van der Waals surface area contributed by atoms with E-state index in [0.717, 1.165) is 0 Å². The van der Waals surface area contributed by atoms with Gasteiger partial charge in [-0.25, -0.2) is 4.79 Å². The van der Waals surface area contributed by atoms with Crippen LogP contribution in [0.5, 0.6) is 0 Å². The van der Waals surface area contributed by atoms with E-state index < -0.39 is 23.3 Å². The molecule has 0 bridgehead atoms. The number of para-hydroxylation sites is 1. The number of hydrogen-bond acceptors (Lipinski definition) is 3. The molecular weight excluding hydrogens is 328 g/mol. The summed E-state index contributed by atoms with van der Waals surface area (Å²) in [6.07, 6.45) is -0.286. The Morgan fingerprint density at radius 3 is 2.40 bits per heavy atom. The molecule has 7 heteroatoms. The van der Waals surface area contributed by atoms with E-state index in [1.54, 1.807) is 24.3 Å². The summed E-state index contributed by atoms with van der Waals surface area (Å²) < 4.78 is 0.675. The lowest BCUT2D eigenvalue weighted by atomic mass is 9.89. The van der Waals surface area contributed by atoms with Gasteiger partial charge < -0.3 is 10.4 Å². The van der Waals surface area contributed by atoms with E-state index in [1.165, 1.54) is 13.8 Å². The Bertz CT molecular complexity index is 543. The van der Waals surface area contributed by atoms with Crippen LogP contribution in [0.15, 0.2) is 28.7 Å². The molecule has 6 nitrogen and oxygen atoms in total. The maximum atomic E-state index is 11.6. The van der Waals surface area contributed by atoms with Crippen molar-refractivity contribution in [2.45, 2.75) is 20.3 Å². The van der Waals surface area contributed by atoms with Crippen LogP contribution in [0, 0.1) is 5.41 Å². The fraction of sp³-hybridized carbons (Fsp3) is 0.308. The van der Waals surface area contributed by atoms with Crippen molar-refractivity contribution in [2.75, 3.05) is 5.32 Å². The highest BCUT2D eigenvalue weighted by molar-refractivity contribution is 9.10. The third kappa shape index (κ3) is 4.65. The Hall–Kier alpha value is -1.89. The van der Waals surface area contributed by atoms with Crippen molar-refractivity contribution in [3.8, 4) is 0 Å². The highest BCUT2D eigenvalue weighted by Gasteiger charge is 2.30. The lowest BCUT2D eigenvalue weighted by molar-refractivity contribution is -0.149. The largest absolute Gasteiger partial charge is 0.481 e. The molecule has 0 aliphatic rings. The summed E-state index contributed by atoms with van der Waals surface area (Å²) >= 11 is 3.25. The van der Waals surface area contributed by atoms with Crippen LogP contribution in [0.2, 0.25) is 0 Å². The molecule has 108 valence electrons. The van der Waals surface area contributed by atoms with Gasteiger partial charge in [0.15, 0.2) is 0 Å². The molecule has 1 aromatic rings. The molecule has 0 unspecified atom stereocenters. The van der Waals surface area contributed by atoms with E-state index in [2.05, 4.69) is 26.6 Å². The molecule has 1 rings (SSSR count). The fourth-order valence-corrected chi connectivity index (χ4v) is 1.75. The van der Waals surface area contributed by atoms with Crippen molar-refractivity contribution >= 4 is 39.5 Å². The summed E-state index contributed by atoms with van der Waals surface area (Å²) in [5, 5.41) is 13.5. The third-order valence-electron chi connectivity index (χ3n) is 2.56. The van der Waals surface area contributed by atoms with Crippen LogP contribution in [-0.4, -0.2) is 23.0 Å². The summed E-state index contributed by atoms with van der Waals surface area (Å²) in [6.45, 7) is 2.83. The van der Waals surface area contributed by atoms with Gasteiger partial charge in [0.05, 0.1) is 11.1 Å².